The van der Waals surface area contributed by atoms with Crippen LogP contribution in [0.5, 0.6) is 11.5 Å². The summed E-state index contributed by atoms with van der Waals surface area (Å²) >= 11 is 0. The van der Waals surface area contributed by atoms with Gasteiger partial charge in [0.25, 0.3) is 11.8 Å². The van der Waals surface area contributed by atoms with Crippen molar-refractivity contribution >= 4 is 53.4 Å². The quantitative estimate of drug-likeness (QED) is 0.0548. The van der Waals surface area contributed by atoms with E-state index in [0.29, 0.717) is 23.5 Å². The van der Waals surface area contributed by atoms with E-state index in [1.54, 1.807) is 39.0 Å². The van der Waals surface area contributed by atoms with Crippen LogP contribution in [0.4, 0.5) is 4.79 Å². The number of fused-ring (bicyclic) bond motifs is 1. The Bertz CT molecular complexity index is 2140. The number of aliphatic carboxylic acids is 2. The largest absolute Gasteiger partial charge is 0.481 e. The molecule has 2 aromatic rings. The minimum Gasteiger partial charge on any atom is -0.481 e. The molecule has 2 heterocycles. The number of carbonyl (C=O) groups excluding carboxylic acids is 7. The molecule has 378 valence electrons. The number of carboxylic acid groups (broad SMARTS) is 2. The van der Waals surface area contributed by atoms with Crippen molar-refractivity contribution in [3.8, 4) is 11.5 Å². The van der Waals surface area contributed by atoms with Crippen molar-refractivity contribution < 1.29 is 72.8 Å². The lowest BCUT2D eigenvalue weighted by molar-refractivity contribution is -0.187. The van der Waals surface area contributed by atoms with Crippen molar-refractivity contribution in [1.29, 1.82) is 0 Å². The first-order valence-corrected chi connectivity index (χ1v) is 22.8. The summed E-state index contributed by atoms with van der Waals surface area (Å²) in [6.07, 6.45) is -2.24. The molecule has 0 unspecified atom stereocenters. The van der Waals surface area contributed by atoms with Gasteiger partial charge in [0.1, 0.15) is 30.2 Å². The van der Waals surface area contributed by atoms with E-state index in [-0.39, 0.29) is 50.9 Å². The van der Waals surface area contributed by atoms with E-state index >= 15 is 0 Å². The van der Waals surface area contributed by atoms with Gasteiger partial charge in [0.2, 0.25) is 30.4 Å². The second-order valence-corrected chi connectivity index (χ2v) is 17.2. The molecule has 8 N–H and O–H groups in total. The average molecular weight is 969 g/mol. The molecule has 7 atom stereocenters. The zero-order chi connectivity index (χ0) is 50.9. The predicted octanol–water partition coefficient (Wildman–Crippen LogP) is 1.66. The Morgan fingerprint density at radius 1 is 0.855 bits per heavy atom. The molecule has 1 fully saturated rings. The number of benzene rings is 2. The molecule has 0 aliphatic carbocycles. The van der Waals surface area contributed by atoms with E-state index in [4.69, 9.17) is 14.2 Å². The number of hydrogen-bond acceptors (Lipinski definition) is 13. The molecule has 0 radical (unpaired) electrons. The summed E-state index contributed by atoms with van der Waals surface area (Å²) in [5.41, 5.74) is 4.21. The number of urea groups is 1. The van der Waals surface area contributed by atoms with Crippen molar-refractivity contribution in [3.05, 3.63) is 59.7 Å². The van der Waals surface area contributed by atoms with E-state index in [9.17, 15) is 58.6 Å². The third kappa shape index (κ3) is 15.8. The summed E-state index contributed by atoms with van der Waals surface area (Å²) in [5.74, 6) is -8.95. The van der Waals surface area contributed by atoms with E-state index < -0.39 is 121 Å². The molecule has 23 nitrogen and oxygen atoms in total. The number of amides is 8. The number of nitrogens with one attached hydrogen (secondary N) is 5. The predicted molar refractivity (Wildman–Crippen MR) is 242 cm³/mol. The van der Waals surface area contributed by atoms with E-state index in [0.717, 1.165) is 17.5 Å². The SMILES string of the molecule is CCCN(NC(=O)[C@@H]1C[C@@H](OCc2ccccc2)CN1C(=O)[C@@H](NC(=O)[C@H]([C@@H](C)CC)N(O)C(=O)[C@@H](CCC(=O)O)NC(=O)[C@H](CC(=O)O)NC(C)=O)C(C)C)C(=O)NCc1ccc2c(c1)OCO2. The first-order chi connectivity index (χ1) is 32.7. The lowest BCUT2D eigenvalue weighted by Crippen LogP contribution is -2.62. The number of hydrogen-bond donors (Lipinski definition) is 8. The zero-order valence-electron chi connectivity index (χ0n) is 39.6. The molecular formula is C46H64N8O15. The van der Waals surface area contributed by atoms with Crippen molar-refractivity contribution in [3.63, 3.8) is 0 Å². The third-order valence-corrected chi connectivity index (χ3v) is 11.5. The molecule has 8 amide bonds. The molecule has 4 rings (SSSR count). The Labute approximate surface area is 399 Å². The number of carboxylic acids is 2. The van der Waals surface area contributed by atoms with Gasteiger partial charge in [0.15, 0.2) is 11.5 Å². The molecule has 2 aliphatic heterocycles. The maximum Gasteiger partial charge on any atom is 0.336 e. The van der Waals surface area contributed by atoms with Crippen LogP contribution in [0, 0.1) is 11.8 Å². The first-order valence-electron chi connectivity index (χ1n) is 22.8. The maximum absolute atomic E-state index is 14.7. The zero-order valence-corrected chi connectivity index (χ0v) is 39.6. The number of hydroxylamine groups is 2. The third-order valence-electron chi connectivity index (χ3n) is 11.5. The van der Waals surface area contributed by atoms with Gasteiger partial charge in [-0.25, -0.2) is 14.9 Å². The minimum absolute atomic E-state index is 0.00900. The lowest BCUT2D eigenvalue weighted by atomic mass is 9.95. The van der Waals surface area contributed by atoms with Crippen molar-refractivity contribution in [2.75, 3.05) is 19.9 Å². The van der Waals surface area contributed by atoms with E-state index in [1.165, 1.54) is 11.8 Å². The summed E-state index contributed by atoms with van der Waals surface area (Å²) in [4.78, 5) is 120. The smallest absolute Gasteiger partial charge is 0.336 e. The molecule has 0 saturated carbocycles. The minimum atomic E-state index is -1.82. The van der Waals surface area contributed by atoms with Gasteiger partial charge < -0.3 is 50.6 Å². The topological polar surface area (TPSA) is 312 Å². The second-order valence-electron chi connectivity index (χ2n) is 17.2. The van der Waals surface area contributed by atoms with Crippen molar-refractivity contribution in [1.82, 2.24) is 41.7 Å². The summed E-state index contributed by atoms with van der Waals surface area (Å²) in [7, 11) is 0. The Balaban J connectivity index is 1.58. The van der Waals surface area contributed by atoms with Crippen LogP contribution in [-0.4, -0.2) is 140 Å². The van der Waals surface area contributed by atoms with Crippen LogP contribution in [0.2, 0.25) is 0 Å². The summed E-state index contributed by atoms with van der Waals surface area (Å²) in [6, 6.07) is 5.98. The molecular weight excluding hydrogens is 905 g/mol. The van der Waals surface area contributed by atoms with Crippen LogP contribution in [0.25, 0.3) is 0 Å². The molecule has 69 heavy (non-hydrogen) atoms. The molecule has 1 saturated heterocycles. The standard InChI is InChI=1S/C46H64N8O15/c1-7-18-53(46(65)47-22-30-14-16-35-36(19-30)69-25-68-35)51-42(61)34-20-31(67-24-29-12-10-9-11-13-29)23-52(34)45(64)39(26(3)4)50-43(62)40(27(5)8-2)54(66)44(63)32(15-17-37(56)57)49-41(60)33(21-38(58)59)48-28(6)55/h9-14,16,19,26-27,31-34,39-40,66H,7-8,15,17-18,20-25H2,1-6H3,(H,47,65)(H,48,55)(H,49,60)(H,50,62)(H,51,61)(H,56,57)(H,58,59)/t27-,31+,32+,33-,34-,39-,40-/m0/s1. The second kappa shape index (κ2) is 25.9. The number of carbonyl (C=O) groups is 9. The van der Waals surface area contributed by atoms with Crippen LogP contribution in [0.1, 0.15) is 91.2 Å². The number of nitrogens with zero attached hydrogens (tertiary/aromatic N) is 3. The average Bonchev–Trinajstić information content (AvgIpc) is 3.97. The fourth-order valence-corrected chi connectivity index (χ4v) is 7.65. The molecule has 23 heteroatoms. The summed E-state index contributed by atoms with van der Waals surface area (Å²) in [6.45, 7) is 9.60. The van der Waals surface area contributed by atoms with Gasteiger partial charge in [-0.15, -0.1) is 0 Å². The highest BCUT2D eigenvalue weighted by molar-refractivity contribution is 5.97. The van der Waals surface area contributed by atoms with E-state index in [1.807, 2.05) is 37.3 Å². The maximum atomic E-state index is 14.7. The molecule has 0 bridgehead atoms. The summed E-state index contributed by atoms with van der Waals surface area (Å²) < 4.78 is 17.0. The Hall–Kier alpha value is -7.01. The van der Waals surface area contributed by atoms with Crippen molar-refractivity contribution in [2.45, 2.75) is 130 Å². The Kier molecular flexibility index (Phi) is 20.5. The van der Waals surface area contributed by atoms with Gasteiger partial charge >= 0.3 is 18.0 Å². The highest BCUT2D eigenvalue weighted by atomic mass is 16.7. The molecule has 2 aromatic carbocycles. The Morgan fingerprint density at radius 2 is 1.55 bits per heavy atom. The molecule has 0 spiro atoms. The van der Waals surface area contributed by atoms with Crippen LogP contribution in [-0.2, 0) is 56.2 Å². The van der Waals surface area contributed by atoms with Crippen LogP contribution >= 0.6 is 0 Å². The van der Waals surface area contributed by atoms with Gasteiger partial charge in [-0.2, -0.15) is 0 Å². The lowest BCUT2D eigenvalue weighted by Gasteiger charge is -2.35. The number of rotatable bonds is 24. The number of hydrazine groups is 1. The highest BCUT2D eigenvalue weighted by Gasteiger charge is 2.45. The highest BCUT2D eigenvalue weighted by Crippen LogP contribution is 2.32. The normalized spacial score (nSPS) is 17.1. The van der Waals surface area contributed by atoms with Gasteiger partial charge in [-0.3, -0.25) is 49.0 Å². The van der Waals surface area contributed by atoms with Gasteiger partial charge in [0, 0.05) is 39.4 Å². The summed E-state index contributed by atoms with van der Waals surface area (Å²) in [5, 5.41) is 41.2. The fourth-order valence-electron chi connectivity index (χ4n) is 7.65. The van der Waals surface area contributed by atoms with Crippen molar-refractivity contribution in [2.24, 2.45) is 11.8 Å². The van der Waals surface area contributed by atoms with Crippen LogP contribution in [0.15, 0.2) is 48.5 Å². The van der Waals surface area contributed by atoms with Gasteiger partial charge in [-0.05, 0) is 47.9 Å². The Morgan fingerprint density at radius 3 is 2.17 bits per heavy atom. The number of likely N-dealkylation sites (tertiary alicyclic amines) is 1. The first kappa shape index (κ1) is 54.6. The van der Waals surface area contributed by atoms with Crippen LogP contribution in [0.3, 0.4) is 0 Å². The number of ether oxygens (including phenoxy) is 3. The van der Waals surface area contributed by atoms with Crippen LogP contribution < -0.4 is 36.2 Å². The fraction of sp³-hybridized carbons (Fsp3) is 0.543. The monoisotopic (exact) mass is 968 g/mol. The molecule has 0 aromatic heterocycles. The van der Waals surface area contributed by atoms with E-state index in [2.05, 4.69) is 26.7 Å². The molecule has 2 aliphatic rings. The van der Waals surface area contributed by atoms with Gasteiger partial charge in [0.05, 0.1) is 19.1 Å². The van der Waals surface area contributed by atoms with Gasteiger partial charge in [-0.1, -0.05) is 77.4 Å².